The van der Waals surface area contributed by atoms with Crippen LogP contribution >= 0.6 is 0 Å². The van der Waals surface area contributed by atoms with Crippen LogP contribution in [-0.2, 0) is 32.1 Å². The quantitative estimate of drug-likeness (QED) is 0.867. The van der Waals surface area contributed by atoms with Crippen LogP contribution in [0.15, 0.2) is 6.07 Å². The highest BCUT2D eigenvalue weighted by molar-refractivity contribution is 5.49. The molecule has 0 aliphatic heterocycles. The number of hydrogen-bond acceptors (Lipinski definition) is 1. The normalized spacial score (nSPS) is 26.8. The van der Waals surface area contributed by atoms with Gasteiger partial charge in [-0.3, -0.25) is 0 Å². The Labute approximate surface area is 123 Å². The van der Waals surface area contributed by atoms with Crippen LogP contribution in [-0.4, -0.2) is 11.2 Å². The Morgan fingerprint density at radius 1 is 1.05 bits per heavy atom. The molecule has 0 spiro atoms. The van der Waals surface area contributed by atoms with E-state index in [2.05, 4.69) is 19.9 Å². The summed E-state index contributed by atoms with van der Waals surface area (Å²) in [6.07, 6.45) is 8.22. The Bertz CT molecular complexity index is 463. The second-order valence-corrected chi connectivity index (χ2v) is 7.38. The SMILES string of the molecule is CC(O)Cc1c2c(cc3c1CC(C)CC3)CCC(C)C2. The molecule has 0 aromatic heterocycles. The van der Waals surface area contributed by atoms with Crippen LogP contribution in [0, 0.1) is 11.8 Å². The van der Waals surface area contributed by atoms with Crippen molar-refractivity contribution in [3.8, 4) is 0 Å². The lowest BCUT2D eigenvalue weighted by Gasteiger charge is -2.32. The minimum Gasteiger partial charge on any atom is -0.393 e. The molecule has 2 aliphatic rings. The minimum atomic E-state index is -0.222. The summed E-state index contributed by atoms with van der Waals surface area (Å²) >= 11 is 0. The molecule has 1 aromatic carbocycles. The third-order valence-electron chi connectivity index (χ3n) is 5.27. The van der Waals surface area contributed by atoms with E-state index in [-0.39, 0.29) is 6.10 Å². The van der Waals surface area contributed by atoms with Crippen molar-refractivity contribution in [1.82, 2.24) is 0 Å². The zero-order valence-electron chi connectivity index (χ0n) is 13.2. The molecule has 0 heterocycles. The van der Waals surface area contributed by atoms with Crippen molar-refractivity contribution in [2.24, 2.45) is 11.8 Å². The van der Waals surface area contributed by atoms with E-state index in [1.807, 2.05) is 6.92 Å². The van der Waals surface area contributed by atoms with Crippen LogP contribution in [0.5, 0.6) is 0 Å². The Kier molecular flexibility index (Phi) is 3.90. The van der Waals surface area contributed by atoms with Gasteiger partial charge in [0, 0.05) is 0 Å². The molecule has 0 fully saturated rings. The maximum absolute atomic E-state index is 9.94. The molecule has 3 unspecified atom stereocenters. The third kappa shape index (κ3) is 2.65. The third-order valence-corrected chi connectivity index (χ3v) is 5.27. The predicted octanol–water partition coefficient (Wildman–Crippen LogP) is 3.86. The molecular formula is C19H28O. The van der Waals surface area contributed by atoms with Crippen LogP contribution < -0.4 is 0 Å². The second kappa shape index (κ2) is 5.52. The first kappa shape index (κ1) is 14.1. The molecule has 1 N–H and O–H groups in total. The van der Waals surface area contributed by atoms with Crippen molar-refractivity contribution in [2.75, 3.05) is 0 Å². The fourth-order valence-corrected chi connectivity index (χ4v) is 4.16. The first-order valence-electron chi connectivity index (χ1n) is 8.38. The summed E-state index contributed by atoms with van der Waals surface area (Å²) in [5.41, 5.74) is 7.89. The Hall–Kier alpha value is -0.820. The number of fused-ring (bicyclic) bond motifs is 2. The zero-order chi connectivity index (χ0) is 14.3. The van der Waals surface area contributed by atoms with E-state index in [0.29, 0.717) is 0 Å². The highest BCUT2D eigenvalue weighted by Gasteiger charge is 2.26. The molecule has 3 atom stereocenters. The van der Waals surface area contributed by atoms with Gasteiger partial charge in [0.2, 0.25) is 0 Å². The van der Waals surface area contributed by atoms with Gasteiger partial charge in [-0.15, -0.1) is 0 Å². The van der Waals surface area contributed by atoms with Crippen molar-refractivity contribution in [3.05, 3.63) is 33.9 Å². The van der Waals surface area contributed by atoms with Crippen molar-refractivity contribution < 1.29 is 5.11 Å². The number of aliphatic hydroxyl groups excluding tert-OH is 1. The molecule has 20 heavy (non-hydrogen) atoms. The zero-order valence-corrected chi connectivity index (χ0v) is 13.2. The van der Waals surface area contributed by atoms with Crippen LogP contribution in [0.25, 0.3) is 0 Å². The molecule has 110 valence electrons. The second-order valence-electron chi connectivity index (χ2n) is 7.38. The summed E-state index contributed by atoms with van der Waals surface area (Å²) < 4.78 is 0. The highest BCUT2D eigenvalue weighted by Crippen LogP contribution is 2.37. The van der Waals surface area contributed by atoms with Crippen molar-refractivity contribution >= 4 is 0 Å². The van der Waals surface area contributed by atoms with Gasteiger partial charge in [0.25, 0.3) is 0 Å². The van der Waals surface area contributed by atoms with Crippen LogP contribution in [0.1, 0.15) is 61.4 Å². The lowest BCUT2D eigenvalue weighted by Crippen LogP contribution is -2.22. The van der Waals surface area contributed by atoms with E-state index in [0.717, 1.165) is 18.3 Å². The summed E-state index contributed by atoms with van der Waals surface area (Å²) in [5, 5.41) is 9.94. The fourth-order valence-electron chi connectivity index (χ4n) is 4.16. The molecule has 1 aromatic rings. The van der Waals surface area contributed by atoms with Gasteiger partial charge in [-0.2, -0.15) is 0 Å². The van der Waals surface area contributed by atoms with Crippen molar-refractivity contribution in [2.45, 2.75) is 71.8 Å². The van der Waals surface area contributed by atoms with Crippen LogP contribution in [0.3, 0.4) is 0 Å². The topological polar surface area (TPSA) is 20.2 Å². The molecule has 0 saturated heterocycles. The van der Waals surface area contributed by atoms with Gasteiger partial charge in [-0.25, -0.2) is 0 Å². The predicted molar refractivity (Wildman–Crippen MR) is 84.2 cm³/mol. The average molecular weight is 272 g/mol. The summed E-state index contributed by atoms with van der Waals surface area (Å²) in [6, 6.07) is 2.51. The van der Waals surface area contributed by atoms with E-state index in [1.54, 1.807) is 22.3 Å². The first-order valence-corrected chi connectivity index (χ1v) is 8.38. The molecule has 2 aliphatic carbocycles. The van der Waals surface area contributed by atoms with Crippen LogP contribution in [0.4, 0.5) is 0 Å². The first-order chi connectivity index (χ1) is 9.54. The average Bonchev–Trinajstić information content (AvgIpc) is 2.39. The summed E-state index contributed by atoms with van der Waals surface area (Å²) in [5.74, 6) is 1.60. The van der Waals surface area contributed by atoms with Gasteiger partial charge in [0.05, 0.1) is 6.10 Å². The number of aliphatic hydroxyl groups is 1. The minimum absolute atomic E-state index is 0.222. The highest BCUT2D eigenvalue weighted by atomic mass is 16.3. The molecule has 0 saturated carbocycles. The monoisotopic (exact) mass is 272 g/mol. The van der Waals surface area contributed by atoms with Crippen molar-refractivity contribution in [3.63, 3.8) is 0 Å². The van der Waals surface area contributed by atoms with Crippen LogP contribution in [0.2, 0.25) is 0 Å². The standard InChI is InChI=1S/C19H28O/c1-12-4-6-15-11-16-7-5-13(2)9-18(16)19(10-14(3)20)17(15)8-12/h11-14,20H,4-10H2,1-3H3. The van der Waals surface area contributed by atoms with E-state index in [9.17, 15) is 5.11 Å². The largest absolute Gasteiger partial charge is 0.393 e. The summed E-state index contributed by atoms with van der Waals surface area (Å²) in [4.78, 5) is 0. The van der Waals surface area contributed by atoms with Gasteiger partial charge in [0.1, 0.15) is 0 Å². The molecular weight excluding hydrogens is 244 g/mol. The van der Waals surface area contributed by atoms with Gasteiger partial charge in [-0.1, -0.05) is 19.9 Å². The van der Waals surface area contributed by atoms with E-state index in [4.69, 9.17) is 0 Å². The number of rotatable bonds is 2. The van der Waals surface area contributed by atoms with E-state index < -0.39 is 0 Å². The lowest BCUT2D eigenvalue weighted by atomic mass is 9.74. The van der Waals surface area contributed by atoms with Crippen molar-refractivity contribution in [1.29, 1.82) is 0 Å². The molecule has 0 radical (unpaired) electrons. The maximum Gasteiger partial charge on any atom is 0.0552 e. The summed E-state index contributed by atoms with van der Waals surface area (Å²) in [6.45, 7) is 6.68. The summed E-state index contributed by atoms with van der Waals surface area (Å²) in [7, 11) is 0. The van der Waals surface area contributed by atoms with Gasteiger partial charge >= 0.3 is 0 Å². The Morgan fingerprint density at radius 3 is 2.00 bits per heavy atom. The Morgan fingerprint density at radius 2 is 1.55 bits per heavy atom. The maximum atomic E-state index is 9.94. The van der Waals surface area contributed by atoms with Gasteiger partial charge in [0.15, 0.2) is 0 Å². The number of hydrogen-bond donors (Lipinski definition) is 1. The Balaban J connectivity index is 2.10. The molecule has 1 heteroatoms. The number of benzene rings is 1. The van der Waals surface area contributed by atoms with E-state index >= 15 is 0 Å². The molecule has 3 rings (SSSR count). The van der Waals surface area contributed by atoms with Gasteiger partial charge in [-0.05, 0) is 91.5 Å². The molecule has 1 nitrogen and oxygen atoms in total. The number of aryl methyl sites for hydroxylation is 2. The molecule has 0 bridgehead atoms. The van der Waals surface area contributed by atoms with E-state index in [1.165, 1.54) is 44.1 Å². The smallest absolute Gasteiger partial charge is 0.0552 e. The van der Waals surface area contributed by atoms with Gasteiger partial charge < -0.3 is 5.11 Å². The molecule has 0 amide bonds. The lowest BCUT2D eigenvalue weighted by molar-refractivity contribution is 0.194. The fraction of sp³-hybridized carbons (Fsp3) is 0.684.